The monoisotopic (exact) mass is 713 g/mol. The molecule has 0 unspecified atom stereocenters. The van der Waals surface area contributed by atoms with E-state index in [0.29, 0.717) is 12.8 Å². The molecule has 262 valence electrons. The van der Waals surface area contributed by atoms with Gasteiger partial charge >= 0.3 is 18.3 Å². The molecule has 0 heterocycles. The Morgan fingerprint density at radius 2 is 1.57 bits per heavy atom. The van der Waals surface area contributed by atoms with Crippen molar-refractivity contribution < 1.29 is 54.3 Å². The molecular weight excluding hydrogens is 676 g/mol. The van der Waals surface area contributed by atoms with Crippen LogP contribution < -0.4 is 10.6 Å². The highest BCUT2D eigenvalue weighted by molar-refractivity contribution is 7.98. The first kappa shape index (κ1) is 39.9. The molecule has 3 atom stereocenters. The summed E-state index contributed by atoms with van der Waals surface area (Å²) in [6.07, 6.45) is -5.83. The van der Waals surface area contributed by atoms with Crippen LogP contribution in [0.25, 0.3) is 0 Å². The molecule has 3 rings (SSSR count). The van der Waals surface area contributed by atoms with Crippen molar-refractivity contribution in [2.75, 3.05) is 31.6 Å². The van der Waals surface area contributed by atoms with Gasteiger partial charge in [0, 0.05) is 22.5 Å². The Morgan fingerprint density at radius 3 is 2.09 bits per heavy atom. The minimum atomic E-state index is -5.08. The summed E-state index contributed by atoms with van der Waals surface area (Å²) in [5.41, 5.74) is -1.17. The van der Waals surface area contributed by atoms with E-state index in [1.807, 2.05) is 6.26 Å². The highest BCUT2D eigenvalue weighted by Crippen LogP contribution is 2.32. The van der Waals surface area contributed by atoms with Crippen LogP contribution in [0.1, 0.15) is 49.0 Å². The van der Waals surface area contributed by atoms with Crippen LogP contribution >= 0.6 is 11.8 Å². The van der Waals surface area contributed by atoms with Crippen LogP contribution in [-0.2, 0) is 25.6 Å². The lowest BCUT2D eigenvalue weighted by molar-refractivity contribution is -0.192. The lowest BCUT2D eigenvalue weighted by atomic mass is 9.81. The predicted octanol–water partition coefficient (Wildman–Crippen LogP) is 5.26. The normalized spacial score (nSPS) is 18.6. The summed E-state index contributed by atoms with van der Waals surface area (Å²) >= 11 is 1.52. The molecule has 0 saturated heterocycles. The first-order valence-electron chi connectivity index (χ1n) is 14.5. The Hall–Kier alpha value is -3.31. The van der Waals surface area contributed by atoms with Crippen molar-refractivity contribution in [1.82, 2.24) is 15.5 Å². The number of hydrogen-bond acceptors (Lipinski definition) is 7. The second-order valence-electron chi connectivity index (χ2n) is 10.6. The van der Waals surface area contributed by atoms with Gasteiger partial charge in [-0.05, 0) is 87.0 Å². The summed E-state index contributed by atoms with van der Waals surface area (Å²) in [7, 11) is -3.63. The van der Waals surface area contributed by atoms with Crippen molar-refractivity contribution >= 4 is 39.4 Å². The maximum absolute atomic E-state index is 13.3. The molecule has 2 aromatic carbocycles. The van der Waals surface area contributed by atoms with E-state index in [0.717, 1.165) is 42.6 Å². The van der Waals surface area contributed by atoms with Crippen LogP contribution in [0, 0.1) is 5.92 Å². The molecule has 9 nitrogen and oxygen atoms in total. The van der Waals surface area contributed by atoms with Gasteiger partial charge in [0.15, 0.2) is 9.84 Å². The molecule has 0 aromatic heterocycles. The highest BCUT2D eigenvalue weighted by atomic mass is 32.2. The number of halogens is 6. The summed E-state index contributed by atoms with van der Waals surface area (Å²) in [5, 5.41) is 12.4. The number of carboxylic acid groups (broad SMARTS) is 1. The molecule has 0 bridgehead atoms. The molecule has 0 spiro atoms. The minimum Gasteiger partial charge on any atom is -0.475 e. The van der Waals surface area contributed by atoms with E-state index in [2.05, 4.69) is 29.4 Å². The summed E-state index contributed by atoms with van der Waals surface area (Å²) in [6, 6.07) is 10.5. The third-order valence-electron chi connectivity index (χ3n) is 7.59. The summed E-state index contributed by atoms with van der Waals surface area (Å²) in [4.78, 5) is 37.6. The number of benzene rings is 2. The molecule has 0 radical (unpaired) electrons. The number of aliphatic carboxylic acids is 1. The van der Waals surface area contributed by atoms with Crippen molar-refractivity contribution in [1.29, 1.82) is 0 Å². The maximum Gasteiger partial charge on any atom is 0.490 e. The quantitative estimate of drug-likeness (QED) is 0.212. The van der Waals surface area contributed by atoms with Crippen LogP contribution in [0.3, 0.4) is 0 Å². The van der Waals surface area contributed by atoms with Gasteiger partial charge in [-0.2, -0.15) is 26.3 Å². The molecule has 47 heavy (non-hydrogen) atoms. The first-order chi connectivity index (χ1) is 21.8. The zero-order valence-corrected chi connectivity index (χ0v) is 27.5. The second kappa shape index (κ2) is 17.2. The van der Waals surface area contributed by atoms with E-state index in [1.54, 1.807) is 24.3 Å². The van der Waals surface area contributed by atoms with Gasteiger partial charge in [-0.15, -0.1) is 11.8 Å². The smallest absolute Gasteiger partial charge is 0.475 e. The van der Waals surface area contributed by atoms with Crippen LogP contribution in [-0.4, -0.2) is 86.1 Å². The molecule has 2 aromatic rings. The molecule has 1 aliphatic rings. The SMILES string of the molecule is CCN(CC)[C@@H]1CC[C@H](NC(=O)CNC(=O)c2cccc(C(F)(F)F)c2)[C@H](CS(=O)(=O)c2ccc(SC)cc2)C1.O=C(O)C(F)(F)F. The van der Waals surface area contributed by atoms with Crippen LogP contribution in [0.15, 0.2) is 58.3 Å². The summed E-state index contributed by atoms with van der Waals surface area (Å²) in [5.74, 6) is -4.58. The van der Waals surface area contributed by atoms with E-state index in [1.165, 1.54) is 17.8 Å². The van der Waals surface area contributed by atoms with E-state index >= 15 is 0 Å². The molecule has 0 aliphatic heterocycles. The Labute approximate surface area is 273 Å². The van der Waals surface area contributed by atoms with Crippen molar-refractivity contribution in [3.05, 3.63) is 59.7 Å². The number of nitrogens with one attached hydrogen (secondary N) is 2. The Balaban J connectivity index is 0.000000984. The van der Waals surface area contributed by atoms with Crippen molar-refractivity contribution in [2.45, 2.75) is 67.3 Å². The van der Waals surface area contributed by atoms with Crippen LogP contribution in [0.4, 0.5) is 26.3 Å². The number of thioether (sulfide) groups is 1. The van der Waals surface area contributed by atoms with Crippen molar-refractivity contribution in [3.63, 3.8) is 0 Å². The zero-order chi connectivity index (χ0) is 35.6. The van der Waals surface area contributed by atoms with Crippen LogP contribution in [0.2, 0.25) is 0 Å². The van der Waals surface area contributed by atoms with Gasteiger partial charge in [-0.3, -0.25) is 9.59 Å². The lowest BCUT2D eigenvalue weighted by Crippen LogP contribution is -2.52. The van der Waals surface area contributed by atoms with Crippen LogP contribution in [0.5, 0.6) is 0 Å². The van der Waals surface area contributed by atoms with Gasteiger partial charge in [0.25, 0.3) is 5.91 Å². The zero-order valence-electron chi connectivity index (χ0n) is 25.8. The lowest BCUT2D eigenvalue weighted by Gasteiger charge is -2.41. The predicted molar refractivity (Wildman–Crippen MR) is 164 cm³/mol. The molecule has 17 heteroatoms. The van der Waals surface area contributed by atoms with Gasteiger partial charge in [-0.25, -0.2) is 13.2 Å². The molecule has 3 N–H and O–H groups in total. The highest BCUT2D eigenvalue weighted by Gasteiger charge is 2.38. The number of carbonyl (C=O) groups excluding carboxylic acids is 2. The maximum atomic E-state index is 13.3. The van der Waals surface area contributed by atoms with Gasteiger partial charge in [0.1, 0.15) is 0 Å². The molecule has 1 saturated carbocycles. The Kier molecular flexibility index (Phi) is 14.6. The number of carbonyl (C=O) groups is 3. The fourth-order valence-electron chi connectivity index (χ4n) is 5.20. The van der Waals surface area contributed by atoms with E-state index in [4.69, 9.17) is 9.90 Å². The van der Waals surface area contributed by atoms with Crippen molar-refractivity contribution in [2.24, 2.45) is 5.92 Å². The van der Waals surface area contributed by atoms with Gasteiger partial charge < -0.3 is 20.6 Å². The summed E-state index contributed by atoms with van der Waals surface area (Å²) in [6.45, 7) is 5.33. The summed E-state index contributed by atoms with van der Waals surface area (Å²) < 4.78 is 97.4. The fraction of sp³-hybridized carbons (Fsp3) is 0.500. The number of hydrogen-bond donors (Lipinski definition) is 3. The minimum absolute atomic E-state index is 0.134. The number of rotatable bonds is 11. The number of alkyl halides is 6. The topological polar surface area (TPSA) is 133 Å². The van der Waals surface area contributed by atoms with Gasteiger partial charge in [-0.1, -0.05) is 19.9 Å². The number of amides is 2. The number of sulfone groups is 1. The average molecular weight is 714 g/mol. The van der Waals surface area contributed by atoms with Crippen molar-refractivity contribution in [3.8, 4) is 0 Å². The molecular formula is C30H37F6N3O6S2. The molecule has 1 fully saturated rings. The standard InChI is InChI=1S/C28H36F3N3O4S2.C2HF3O2/c1-4-34(5-2)22-9-14-25(20(16-22)18-40(37,38)24-12-10-23(39-3)11-13-24)33-26(35)17-32-27(36)19-7-6-8-21(15-19)28(29,30)31;3-2(4,5)1(6)7/h6-8,10-13,15,20,22,25H,4-5,9,14,16-18H2,1-3H3,(H,32,36)(H,33,35);(H,6,7)/t20-,22+,25-;/m0./s1. The molecule has 2 amide bonds. The van der Waals surface area contributed by atoms with E-state index in [9.17, 15) is 44.3 Å². The van der Waals surface area contributed by atoms with E-state index in [-0.39, 0.29) is 28.2 Å². The van der Waals surface area contributed by atoms with Gasteiger partial charge in [0.2, 0.25) is 5.91 Å². The average Bonchev–Trinajstić information content (AvgIpc) is 3.01. The second-order valence-corrected chi connectivity index (χ2v) is 13.6. The van der Waals surface area contributed by atoms with E-state index < -0.39 is 58.1 Å². The Bertz CT molecular complexity index is 1470. The third kappa shape index (κ3) is 12.3. The Morgan fingerprint density at radius 1 is 0.979 bits per heavy atom. The number of nitrogens with zero attached hydrogens (tertiary/aromatic N) is 1. The van der Waals surface area contributed by atoms with Gasteiger partial charge in [0.05, 0.1) is 22.8 Å². The molecule has 1 aliphatic carbocycles. The largest absolute Gasteiger partial charge is 0.490 e. The first-order valence-corrected chi connectivity index (χ1v) is 17.4. The fourth-order valence-corrected chi connectivity index (χ4v) is 7.29. The number of carboxylic acids is 1. The third-order valence-corrected chi connectivity index (χ3v) is 10.2.